The smallest absolute Gasteiger partial charge is 0.279 e. The molecule has 0 aliphatic carbocycles. The molecule has 0 aliphatic rings. The molecule has 152 valence electrons. The van der Waals surface area contributed by atoms with E-state index >= 15 is 0 Å². The van der Waals surface area contributed by atoms with Gasteiger partial charge in [0.1, 0.15) is 11.6 Å². The van der Waals surface area contributed by atoms with Crippen molar-refractivity contribution in [2.24, 2.45) is 0 Å². The molecule has 1 aromatic carbocycles. The number of carbonyl (C=O) groups excluding carboxylic acids is 1. The van der Waals surface area contributed by atoms with Crippen LogP contribution in [0.15, 0.2) is 59.3 Å². The van der Waals surface area contributed by atoms with Crippen LogP contribution in [0.5, 0.6) is 0 Å². The number of hydrogen-bond acceptors (Lipinski definition) is 6. The number of nitrogens with one attached hydrogen (secondary N) is 1. The number of aromatic nitrogens is 5. The molecule has 0 aliphatic heterocycles. The number of hydrogen-bond donors (Lipinski definition) is 1. The Labute approximate surface area is 174 Å². The molecule has 8 heteroatoms. The van der Waals surface area contributed by atoms with Crippen molar-refractivity contribution in [3.8, 4) is 17.4 Å². The zero-order chi connectivity index (χ0) is 21.3. The molecule has 0 radical (unpaired) electrons. The zero-order valence-corrected chi connectivity index (χ0v) is 17.2. The van der Waals surface area contributed by atoms with E-state index in [9.17, 15) is 4.79 Å². The van der Waals surface area contributed by atoms with Gasteiger partial charge < -0.3 is 9.73 Å². The van der Waals surface area contributed by atoms with E-state index in [1.54, 1.807) is 25.4 Å². The van der Waals surface area contributed by atoms with Crippen molar-refractivity contribution in [2.45, 2.75) is 33.1 Å². The molecule has 4 rings (SSSR count). The molecular formula is C22H22N6O2. The first kappa shape index (κ1) is 19.5. The second-order valence-electron chi connectivity index (χ2n) is 7.87. The summed E-state index contributed by atoms with van der Waals surface area (Å²) in [7, 11) is 0. The fraction of sp³-hybridized carbons (Fsp3) is 0.227. The number of carbonyl (C=O) groups is 1. The fourth-order valence-corrected chi connectivity index (χ4v) is 2.88. The van der Waals surface area contributed by atoms with Crippen LogP contribution in [0.25, 0.3) is 17.4 Å². The maximum atomic E-state index is 13.0. The number of benzene rings is 1. The van der Waals surface area contributed by atoms with Crippen LogP contribution in [-0.4, -0.2) is 30.6 Å². The largest absolute Gasteiger partial charge is 0.441 e. The van der Waals surface area contributed by atoms with Crippen LogP contribution in [-0.2, 0) is 5.41 Å². The predicted octanol–water partition coefficient (Wildman–Crippen LogP) is 4.18. The Morgan fingerprint density at radius 3 is 2.43 bits per heavy atom. The summed E-state index contributed by atoms with van der Waals surface area (Å²) in [5.74, 6) is 1.26. The Morgan fingerprint density at radius 2 is 1.77 bits per heavy atom. The third kappa shape index (κ3) is 3.84. The minimum Gasteiger partial charge on any atom is -0.441 e. The van der Waals surface area contributed by atoms with E-state index in [0.717, 1.165) is 11.3 Å². The summed E-state index contributed by atoms with van der Waals surface area (Å²) in [6.45, 7) is 7.85. The van der Waals surface area contributed by atoms with Gasteiger partial charge in [-0.05, 0) is 25.1 Å². The van der Waals surface area contributed by atoms with Crippen molar-refractivity contribution in [2.75, 3.05) is 5.32 Å². The van der Waals surface area contributed by atoms with Crippen molar-refractivity contribution in [3.63, 3.8) is 0 Å². The van der Waals surface area contributed by atoms with Gasteiger partial charge in [-0.3, -0.25) is 4.79 Å². The molecule has 0 saturated heterocycles. The highest BCUT2D eigenvalue weighted by Gasteiger charge is 2.24. The highest BCUT2D eigenvalue weighted by molar-refractivity contribution is 6.03. The normalized spacial score (nSPS) is 11.5. The van der Waals surface area contributed by atoms with Gasteiger partial charge in [0.2, 0.25) is 5.89 Å². The van der Waals surface area contributed by atoms with Crippen molar-refractivity contribution < 1.29 is 9.21 Å². The van der Waals surface area contributed by atoms with E-state index in [-0.39, 0.29) is 11.1 Å². The minimum absolute atomic E-state index is 0.216. The molecule has 1 amide bonds. The van der Waals surface area contributed by atoms with Crippen LogP contribution in [0.2, 0.25) is 0 Å². The van der Waals surface area contributed by atoms with Crippen molar-refractivity contribution in [3.05, 3.63) is 72.0 Å². The van der Waals surface area contributed by atoms with Crippen molar-refractivity contribution >= 4 is 11.7 Å². The fourth-order valence-electron chi connectivity index (χ4n) is 2.88. The molecule has 30 heavy (non-hydrogen) atoms. The average Bonchev–Trinajstić information content (AvgIpc) is 3.33. The Hall–Kier alpha value is -3.81. The monoisotopic (exact) mass is 402 g/mol. The van der Waals surface area contributed by atoms with Crippen LogP contribution >= 0.6 is 0 Å². The lowest BCUT2D eigenvalue weighted by molar-refractivity contribution is 0.102. The van der Waals surface area contributed by atoms with Crippen LogP contribution < -0.4 is 5.32 Å². The lowest BCUT2D eigenvalue weighted by atomic mass is 9.92. The van der Waals surface area contributed by atoms with Gasteiger partial charge in [-0.1, -0.05) is 39.0 Å². The predicted molar refractivity (Wildman–Crippen MR) is 112 cm³/mol. The van der Waals surface area contributed by atoms with E-state index in [1.807, 2.05) is 57.2 Å². The number of aryl methyl sites for hydroxylation is 1. The van der Waals surface area contributed by atoms with E-state index in [4.69, 9.17) is 4.42 Å². The van der Waals surface area contributed by atoms with Crippen LogP contribution in [0, 0.1) is 6.92 Å². The number of amides is 1. The molecule has 0 saturated carbocycles. The van der Waals surface area contributed by atoms with Crippen molar-refractivity contribution in [1.29, 1.82) is 0 Å². The topological polar surface area (TPSA) is 98.7 Å². The molecule has 3 heterocycles. The summed E-state index contributed by atoms with van der Waals surface area (Å²) in [5.41, 5.74) is 1.60. The standard InChI is InChI=1S/C22H22N6O2/c1-14-18(26-20(30-14)15-9-6-5-7-10-15)19(29)25-17-13-16(22(2,3)4)27-28(17)21-23-11-8-12-24-21/h5-13H,1-4H3,(H,25,29). The van der Waals surface area contributed by atoms with Crippen LogP contribution in [0.4, 0.5) is 5.82 Å². The number of nitrogens with zero attached hydrogens (tertiary/aromatic N) is 5. The van der Waals surface area contributed by atoms with Gasteiger partial charge in [-0.25, -0.2) is 15.0 Å². The van der Waals surface area contributed by atoms with Gasteiger partial charge in [0.05, 0.1) is 5.69 Å². The van der Waals surface area contributed by atoms with Crippen LogP contribution in [0.1, 0.15) is 42.7 Å². The Balaban J connectivity index is 1.68. The molecule has 1 N–H and O–H groups in total. The third-order valence-corrected chi connectivity index (χ3v) is 4.49. The quantitative estimate of drug-likeness (QED) is 0.550. The molecule has 4 aromatic rings. The summed E-state index contributed by atoms with van der Waals surface area (Å²) in [4.78, 5) is 25.9. The number of rotatable bonds is 4. The lowest BCUT2D eigenvalue weighted by Crippen LogP contribution is -2.17. The third-order valence-electron chi connectivity index (χ3n) is 4.49. The van der Waals surface area contributed by atoms with E-state index in [2.05, 4.69) is 25.4 Å². The molecule has 3 aromatic heterocycles. The van der Waals surface area contributed by atoms with Gasteiger partial charge in [0.25, 0.3) is 11.9 Å². The first-order chi connectivity index (χ1) is 14.3. The molecule has 0 fully saturated rings. The second kappa shape index (κ2) is 7.55. The minimum atomic E-state index is -0.393. The lowest BCUT2D eigenvalue weighted by Gasteiger charge is -2.13. The Kier molecular flexibility index (Phi) is 4.91. The Morgan fingerprint density at radius 1 is 1.07 bits per heavy atom. The highest BCUT2D eigenvalue weighted by Crippen LogP contribution is 2.26. The van der Waals surface area contributed by atoms with Gasteiger partial charge >= 0.3 is 0 Å². The van der Waals surface area contributed by atoms with Gasteiger partial charge in [-0.2, -0.15) is 9.78 Å². The molecule has 0 atom stereocenters. The van der Waals surface area contributed by atoms with Crippen LogP contribution in [0.3, 0.4) is 0 Å². The highest BCUT2D eigenvalue weighted by atomic mass is 16.4. The first-order valence-electron chi connectivity index (χ1n) is 9.55. The maximum absolute atomic E-state index is 13.0. The maximum Gasteiger partial charge on any atom is 0.279 e. The molecular weight excluding hydrogens is 380 g/mol. The molecule has 0 spiro atoms. The van der Waals surface area contributed by atoms with Gasteiger partial charge in [0.15, 0.2) is 5.69 Å². The summed E-state index contributed by atoms with van der Waals surface area (Å²) in [6.07, 6.45) is 3.25. The van der Waals surface area contributed by atoms with E-state index in [0.29, 0.717) is 23.4 Å². The Bertz CT molecular complexity index is 1170. The zero-order valence-electron chi connectivity index (χ0n) is 17.2. The van der Waals surface area contributed by atoms with E-state index in [1.165, 1.54) is 4.68 Å². The molecule has 0 unspecified atom stereocenters. The van der Waals surface area contributed by atoms with Crippen molar-refractivity contribution in [1.82, 2.24) is 24.7 Å². The second-order valence-corrected chi connectivity index (χ2v) is 7.87. The molecule has 0 bridgehead atoms. The van der Waals surface area contributed by atoms with Gasteiger partial charge in [0, 0.05) is 29.4 Å². The first-order valence-corrected chi connectivity index (χ1v) is 9.55. The summed E-state index contributed by atoms with van der Waals surface area (Å²) >= 11 is 0. The number of anilines is 1. The van der Waals surface area contributed by atoms with Gasteiger partial charge in [-0.15, -0.1) is 0 Å². The summed E-state index contributed by atoms with van der Waals surface area (Å²) in [5, 5.41) is 7.49. The van der Waals surface area contributed by atoms with E-state index < -0.39 is 5.91 Å². The average molecular weight is 402 g/mol. The summed E-state index contributed by atoms with van der Waals surface area (Å²) in [6, 6.07) is 13.0. The SMILES string of the molecule is Cc1oc(-c2ccccc2)nc1C(=O)Nc1cc(C(C)(C)C)nn1-c1ncccn1. The summed E-state index contributed by atoms with van der Waals surface area (Å²) < 4.78 is 7.23. The molecule has 8 nitrogen and oxygen atoms in total. The number of oxazole rings is 1.